The molecule has 1 saturated heterocycles. The summed E-state index contributed by atoms with van der Waals surface area (Å²) in [6.07, 6.45) is 2.72. The van der Waals surface area contributed by atoms with Gasteiger partial charge in [0.15, 0.2) is 11.5 Å². The van der Waals surface area contributed by atoms with Crippen molar-refractivity contribution in [3.63, 3.8) is 0 Å². The average Bonchev–Trinajstić information content (AvgIpc) is 2.50. The van der Waals surface area contributed by atoms with Crippen LogP contribution in [0.15, 0.2) is 18.2 Å². The van der Waals surface area contributed by atoms with Crippen LogP contribution in [0.4, 0.5) is 5.69 Å². The van der Waals surface area contributed by atoms with Crippen LogP contribution in [-0.4, -0.2) is 32.7 Å². The standard InChI is InChI=1S/C16H24N2O3/c1-3-21-14-5-4-13(11-15(14)20-2)18-16(19)10-12-6-8-17-9-7-12/h4-5,11-12,17H,3,6-10H2,1-2H3,(H,18,19). The molecule has 1 aliphatic heterocycles. The average molecular weight is 292 g/mol. The van der Waals surface area contributed by atoms with Crippen molar-refractivity contribution in [1.82, 2.24) is 5.32 Å². The third kappa shape index (κ3) is 4.63. The van der Waals surface area contributed by atoms with Gasteiger partial charge in [-0.25, -0.2) is 0 Å². The van der Waals surface area contributed by atoms with E-state index in [0.29, 0.717) is 30.4 Å². The lowest BCUT2D eigenvalue weighted by Crippen LogP contribution is -2.30. The number of amides is 1. The minimum Gasteiger partial charge on any atom is -0.493 e. The van der Waals surface area contributed by atoms with Gasteiger partial charge in [0.2, 0.25) is 5.91 Å². The molecule has 0 atom stereocenters. The number of hydrogen-bond acceptors (Lipinski definition) is 4. The third-order valence-electron chi connectivity index (χ3n) is 3.68. The first-order valence-electron chi connectivity index (χ1n) is 7.54. The second kappa shape index (κ2) is 7.88. The lowest BCUT2D eigenvalue weighted by Gasteiger charge is -2.22. The van der Waals surface area contributed by atoms with Crippen LogP contribution in [0.2, 0.25) is 0 Å². The van der Waals surface area contributed by atoms with Crippen molar-refractivity contribution >= 4 is 11.6 Å². The number of carbonyl (C=O) groups excluding carboxylic acids is 1. The molecule has 5 nitrogen and oxygen atoms in total. The van der Waals surface area contributed by atoms with Crippen LogP contribution >= 0.6 is 0 Å². The zero-order chi connectivity index (χ0) is 15.1. The van der Waals surface area contributed by atoms with Crippen LogP contribution in [0, 0.1) is 5.92 Å². The van der Waals surface area contributed by atoms with Gasteiger partial charge in [-0.05, 0) is 50.9 Å². The van der Waals surface area contributed by atoms with Crippen molar-refractivity contribution in [1.29, 1.82) is 0 Å². The number of methoxy groups -OCH3 is 1. The first-order valence-corrected chi connectivity index (χ1v) is 7.54. The molecule has 1 fully saturated rings. The second-order valence-corrected chi connectivity index (χ2v) is 5.24. The van der Waals surface area contributed by atoms with E-state index < -0.39 is 0 Å². The number of benzene rings is 1. The summed E-state index contributed by atoms with van der Waals surface area (Å²) in [6, 6.07) is 5.46. The fourth-order valence-electron chi connectivity index (χ4n) is 2.58. The van der Waals surface area contributed by atoms with E-state index in [1.807, 2.05) is 19.1 Å². The Labute approximate surface area is 126 Å². The van der Waals surface area contributed by atoms with Gasteiger partial charge in [0.1, 0.15) is 0 Å². The number of rotatable bonds is 6. The zero-order valence-corrected chi connectivity index (χ0v) is 12.8. The van der Waals surface area contributed by atoms with E-state index in [-0.39, 0.29) is 5.91 Å². The molecule has 0 spiro atoms. The van der Waals surface area contributed by atoms with Gasteiger partial charge in [0.25, 0.3) is 0 Å². The molecule has 1 heterocycles. The van der Waals surface area contributed by atoms with E-state index in [2.05, 4.69) is 10.6 Å². The smallest absolute Gasteiger partial charge is 0.224 e. The van der Waals surface area contributed by atoms with Crippen LogP contribution < -0.4 is 20.1 Å². The largest absolute Gasteiger partial charge is 0.493 e. The van der Waals surface area contributed by atoms with Crippen molar-refractivity contribution < 1.29 is 14.3 Å². The van der Waals surface area contributed by atoms with Crippen LogP contribution in [0.1, 0.15) is 26.2 Å². The van der Waals surface area contributed by atoms with Crippen molar-refractivity contribution in [2.24, 2.45) is 5.92 Å². The molecule has 2 N–H and O–H groups in total. The number of hydrogen-bond donors (Lipinski definition) is 2. The predicted octanol–water partition coefficient (Wildman–Crippen LogP) is 2.42. The summed E-state index contributed by atoms with van der Waals surface area (Å²) in [4.78, 5) is 12.1. The van der Waals surface area contributed by atoms with Gasteiger partial charge < -0.3 is 20.1 Å². The Kier molecular flexibility index (Phi) is 5.87. The maximum Gasteiger partial charge on any atom is 0.224 e. The fraction of sp³-hybridized carbons (Fsp3) is 0.562. The molecular weight excluding hydrogens is 268 g/mol. The van der Waals surface area contributed by atoms with Gasteiger partial charge in [-0.3, -0.25) is 4.79 Å². The molecule has 2 rings (SSSR count). The summed E-state index contributed by atoms with van der Waals surface area (Å²) >= 11 is 0. The SMILES string of the molecule is CCOc1ccc(NC(=O)CC2CCNCC2)cc1OC. The Bertz CT molecular complexity index is 471. The highest BCUT2D eigenvalue weighted by atomic mass is 16.5. The van der Waals surface area contributed by atoms with Crippen LogP contribution in [-0.2, 0) is 4.79 Å². The number of piperidine rings is 1. The molecule has 0 bridgehead atoms. The van der Waals surface area contributed by atoms with E-state index >= 15 is 0 Å². The molecular formula is C16H24N2O3. The van der Waals surface area contributed by atoms with Crippen molar-refractivity contribution in [3.05, 3.63) is 18.2 Å². The molecule has 0 aliphatic carbocycles. The lowest BCUT2D eigenvalue weighted by molar-refractivity contribution is -0.117. The van der Waals surface area contributed by atoms with Gasteiger partial charge in [-0.15, -0.1) is 0 Å². The first kappa shape index (κ1) is 15.6. The number of ether oxygens (including phenoxy) is 2. The normalized spacial score (nSPS) is 15.5. The highest BCUT2D eigenvalue weighted by molar-refractivity contribution is 5.91. The van der Waals surface area contributed by atoms with Gasteiger partial charge in [0, 0.05) is 18.2 Å². The maximum atomic E-state index is 12.1. The van der Waals surface area contributed by atoms with Gasteiger partial charge in [0.05, 0.1) is 13.7 Å². The molecule has 5 heteroatoms. The van der Waals surface area contributed by atoms with E-state index in [1.54, 1.807) is 13.2 Å². The summed E-state index contributed by atoms with van der Waals surface area (Å²) in [7, 11) is 1.60. The van der Waals surface area contributed by atoms with E-state index in [4.69, 9.17) is 9.47 Å². The number of anilines is 1. The van der Waals surface area contributed by atoms with Crippen molar-refractivity contribution in [2.75, 3.05) is 32.1 Å². The Hall–Kier alpha value is -1.75. The molecule has 1 aliphatic rings. The highest BCUT2D eigenvalue weighted by Gasteiger charge is 2.17. The van der Waals surface area contributed by atoms with E-state index in [9.17, 15) is 4.79 Å². The summed E-state index contributed by atoms with van der Waals surface area (Å²) in [5, 5.41) is 6.25. The van der Waals surface area contributed by atoms with Crippen LogP contribution in [0.25, 0.3) is 0 Å². The van der Waals surface area contributed by atoms with E-state index in [0.717, 1.165) is 31.6 Å². The monoisotopic (exact) mass is 292 g/mol. The fourth-order valence-corrected chi connectivity index (χ4v) is 2.58. The lowest BCUT2D eigenvalue weighted by atomic mass is 9.94. The third-order valence-corrected chi connectivity index (χ3v) is 3.68. The number of carbonyl (C=O) groups is 1. The second-order valence-electron chi connectivity index (χ2n) is 5.24. The molecule has 21 heavy (non-hydrogen) atoms. The van der Waals surface area contributed by atoms with Crippen LogP contribution in [0.5, 0.6) is 11.5 Å². The molecule has 0 unspecified atom stereocenters. The van der Waals surface area contributed by atoms with E-state index in [1.165, 1.54) is 0 Å². The zero-order valence-electron chi connectivity index (χ0n) is 12.8. The summed E-state index contributed by atoms with van der Waals surface area (Å²) < 4.78 is 10.8. The molecule has 1 aromatic rings. The summed E-state index contributed by atoms with van der Waals surface area (Å²) in [6.45, 7) is 4.52. The molecule has 116 valence electrons. The highest BCUT2D eigenvalue weighted by Crippen LogP contribution is 2.30. The number of nitrogens with one attached hydrogen (secondary N) is 2. The Balaban J connectivity index is 1.93. The molecule has 1 aromatic carbocycles. The summed E-state index contributed by atoms with van der Waals surface area (Å²) in [5.74, 6) is 1.87. The van der Waals surface area contributed by atoms with Crippen molar-refractivity contribution in [3.8, 4) is 11.5 Å². The molecule has 0 radical (unpaired) electrons. The Morgan fingerprint density at radius 2 is 2.10 bits per heavy atom. The first-order chi connectivity index (χ1) is 10.2. The van der Waals surface area contributed by atoms with Gasteiger partial charge >= 0.3 is 0 Å². The minimum absolute atomic E-state index is 0.0631. The van der Waals surface area contributed by atoms with Gasteiger partial charge in [-0.2, -0.15) is 0 Å². The minimum atomic E-state index is 0.0631. The van der Waals surface area contributed by atoms with Crippen LogP contribution in [0.3, 0.4) is 0 Å². The Morgan fingerprint density at radius 3 is 2.76 bits per heavy atom. The molecule has 0 aromatic heterocycles. The topological polar surface area (TPSA) is 59.6 Å². The molecule has 0 saturated carbocycles. The van der Waals surface area contributed by atoms with Gasteiger partial charge in [-0.1, -0.05) is 0 Å². The summed E-state index contributed by atoms with van der Waals surface area (Å²) in [5.41, 5.74) is 0.745. The molecule has 1 amide bonds. The maximum absolute atomic E-state index is 12.1. The van der Waals surface area contributed by atoms with Crippen molar-refractivity contribution in [2.45, 2.75) is 26.2 Å². The predicted molar refractivity (Wildman–Crippen MR) is 83.0 cm³/mol. The quantitative estimate of drug-likeness (QED) is 0.845. The Morgan fingerprint density at radius 1 is 1.33 bits per heavy atom.